The van der Waals surface area contributed by atoms with E-state index in [9.17, 15) is 4.79 Å². The maximum atomic E-state index is 11.9. The smallest absolute Gasteiger partial charge is 0.257 e. The fourth-order valence-corrected chi connectivity index (χ4v) is 2.38. The van der Waals surface area contributed by atoms with Crippen molar-refractivity contribution in [1.82, 2.24) is 4.98 Å². The summed E-state index contributed by atoms with van der Waals surface area (Å²) in [5, 5.41) is 3.42. The van der Waals surface area contributed by atoms with E-state index in [-0.39, 0.29) is 5.91 Å². The zero-order valence-corrected chi connectivity index (χ0v) is 11.2. The van der Waals surface area contributed by atoms with Gasteiger partial charge in [0.1, 0.15) is 0 Å². The number of hydrogen-bond donors (Lipinski definition) is 2. The molecule has 1 amide bonds. The van der Waals surface area contributed by atoms with Gasteiger partial charge in [0.05, 0.1) is 5.69 Å². The number of aromatic nitrogens is 1. The van der Waals surface area contributed by atoms with Crippen molar-refractivity contribution >= 4 is 35.0 Å². The van der Waals surface area contributed by atoms with Crippen LogP contribution in [0.3, 0.4) is 0 Å². The van der Waals surface area contributed by atoms with Crippen LogP contribution in [0.15, 0.2) is 29.2 Å². The fraction of sp³-hybridized carbons (Fsp3) is 0.167. The Bertz CT molecular complexity index is 544. The molecule has 1 N–H and O–H groups in total. The molecule has 5 heteroatoms. The highest BCUT2D eigenvalue weighted by Crippen LogP contribution is 2.21. The molecule has 0 aliphatic heterocycles. The van der Waals surface area contributed by atoms with Gasteiger partial charge in [0.2, 0.25) is 0 Å². The highest BCUT2D eigenvalue weighted by molar-refractivity contribution is 7.80. The van der Waals surface area contributed by atoms with Crippen molar-refractivity contribution in [3.63, 3.8) is 0 Å². The Morgan fingerprint density at radius 2 is 2.18 bits per heavy atom. The molecular weight excluding hydrogens is 252 g/mol. The van der Waals surface area contributed by atoms with Gasteiger partial charge in [0, 0.05) is 15.3 Å². The number of anilines is 1. The van der Waals surface area contributed by atoms with Crippen LogP contribution in [-0.2, 0) is 0 Å². The van der Waals surface area contributed by atoms with Gasteiger partial charge in [-0.05, 0) is 32.0 Å². The first-order valence-corrected chi connectivity index (χ1v) is 6.37. The lowest BCUT2D eigenvalue weighted by molar-refractivity contribution is 0.102. The largest absolute Gasteiger partial charge is 0.298 e. The van der Waals surface area contributed by atoms with Gasteiger partial charge in [0.25, 0.3) is 5.91 Å². The predicted octanol–water partition coefficient (Wildman–Crippen LogP) is 3.30. The first kappa shape index (κ1) is 12.1. The minimum Gasteiger partial charge on any atom is -0.298 e. The Balaban J connectivity index is 2.17. The van der Waals surface area contributed by atoms with Gasteiger partial charge in [-0.2, -0.15) is 0 Å². The van der Waals surface area contributed by atoms with Gasteiger partial charge in [-0.15, -0.1) is 24.0 Å². The van der Waals surface area contributed by atoms with Crippen molar-refractivity contribution in [3.05, 3.63) is 40.4 Å². The van der Waals surface area contributed by atoms with E-state index in [0.717, 1.165) is 15.5 Å². The summed E-state index contributed by atoms with van der Waals surface area (Å²) in [4.78, 5) is 18.1. The van der Waals surface area contributed by atoms with Crippen molar-refractivity contribution in [2.24, 2.45) is 0 Å². The third kappa shape index (κ3) is 2.87. The van der Waals surface area contributed by atoms with Gasteiger partial charge in [-0.25, -0.2) is 4.98 Å². The van der Waals surface area contributed by atoms with Crippen molar-refractivity contribution in [2.45, 2.75) is 18.7 Å². The summed E-state index contributed by atoms with van der Waals surface area (Å²) in [5.74, 6) is -0.158. The topological polar surface area (TPSA) is 42.0 Å². The molecule has 1 aromatic heterocycles. The predicted molar refractivity (Wildman–Crippen MR) is 73.2 cm³/mol. The standard InChI is InChI=1S/C12H12N2OS2/c1-7-8(2)17-12(13-7)14-11(15)9-4-3-5-10(16)6-9/h3-6,16H,1-2H3,(H,13,14,15). The molecule has 0 spiro atoms. The maximum Gasteiger partial charge on any atom is 0.257 e. The number of hydrogen-bond acceptors (Lipinski definition) is 4. The summed E-state index contributed by atoms with van der Waals surface area (Å²) < 4.78 is 0. The zero-order valence-electron chi connectivity index (χ0n) is 9.52. The molecule has 1 heterocycles. The Morgan fingerprint density at radius 3 is 2.76 bits per heavy atom. The summed E-state index contributed by atoms with van der Waals surface area (Å²) in [6.07, 6.45) is 0. The van der Waals surface area contributed by atoms with E-state index >= 15 is 0 Å². The number of rotatable bonds is 2. The quantitative estimate of drug-likeness (QED) is 0.817. The minimum atomic E-state index is -0.158. The Hall–Kier alpha value is -1.33. The van der Waals surface area contributed by atoms with Crippen molar-refractivity contribution in [2.75, 3.05) is 5.32 Å². The number of carbonyl (C=O) groups excluding carboxylic acids is 1. The molecule has 17 heavy (non-hydrogen) atoms. The highest BCUT2D eigenvalue weighted by Gasteiger charge is 2.09. The maximum absolute atomic E-state index is 11.9. The molecule has 0 bridgehead atoms. The van der Waals surface area contributed by atoms with Crippen LogP contribution in [0.2, 0.25) is 0 Å². The minimum absolute atomic E-state index is 0.158. The molecule has 0 aliphatic rings. The van der Waals surface area contributed by atoms with E-state index in [2.05, 4.69) is 22.9 Å². The van der Waals surface area contributed by atoms with E-state index in [1.54, 1.807) is 18.2 Å². The van der Waals surface area contributed by atoms with Crippen LogP contribution >= 0.6 is 24.0 Å². The molecule has 88 valence electrons. The van der Waals surface area contributed by atoms with Gasteiger partial charge >= 0.3 is 0 Å². The van der Waals surface area contributed by atoms with Crippen LogP contribution in [0, 0.1) is 13.8 Å². The Kier molecular flexibility index (Phi) is 3.49. The summed E-state index contributed by atoms with van der Waals surface area (Å²) in [6, 6.07) is 7.11. The van der Waals surface area contributed by atoms with Crippen LogP contribution in [-0.4, -0.2) is 10.9 Å². The molecule has 0 saturated carbocycles. The molecule has 0 atom stereocenters. The van der Waals surface area contributed by atoms with Gasteiger partial charge in [-0.1, -0.05) is 6.07 Å². The Labute approximate surface area is 109 Å². The molecule has 0 fully saturated rings. The van der Waals surface area contributed by atoms with Crippen molar-refractivity contribution in [1.29, 1.82) is 0 Å². The molecule has 0 aliphatic carbocycles. The Morgan fingerprint density at radius 1 is 1.41 bits per heavy atom. The van der Waals surface area contributed by atoms with Crippen LogP contribution in [0.25, 0.3) is 0 Å². The SMILES string of the molecule is Cc1nc(NC(=O)c2cccc(S)c2)sc1C. The number of benzene rings is 1. The van der Waals surface area contributed by atoms with Gasteiger partial charge in [-0.3, -0.25) is 10.1 Å². The van der Waals surface area contributed by atoms with Crippen LogP contribution in [0.4, 0.5) is 5.13 Å². The first-order chi connectivity index (χ1) is 8.06. The third-order valence-electron chi connectivity index (χ3n) is 2.36. The molecule has 2 rings (SSSR count). The molecule has 3 nitrogen and oxygen atoms in total. The molecule has 2 aromatic rings. The molecule has 1 aromatic carbocycles. The summed E-state index contributed by atoms with van der Waals surface area (Å²) in [5.41, 5.74) is 1.54. The average Bonchev–Trinajstić information content (AvgIpc) is 2.58. The second-order valence-electron chi connectivity index (χ2n) is 3.67. The summed E-state index contributed by atoms with van der Waals surface area (Å²) in [6.45, 7) is 3.91. The highest BCUT2D eigenvalue weighted by atomic mass is 32.1. The van der Waals surface area contributed by atoms with E-state index in [4.69, 9.17) is 0 Å². The van der Waals surface area contributed by atoms with Crippen molar-refractivity contribution < 1.29 is 4.79 Å². The number of thiazole rings is 1. The number of thiol groups is 1. The van der Waals surface area contributed by atoms with Crippen LogP contribution in [0.5, 0.6) is 0 Å². The van der Waals surface area contributed by atoms with Crippen molar-refractivity contribution in [3.8, 4) is 0 Å². The zero-order chi connectivity index (χ0) is 12.4. The lowest BCUT2D eigenvalue weighted by Crippen LogP contribution is -2.11. The first-order valence-electron chi connectivity index (χ1n) is 5.10. The average molecular weight is 264 g/mol. The number of nitrogens with one attached hydrogen (secondary N) is 1. The van der Waals surface area contributed by atoms with E-state index in [1.165, 1.54) is 11.3 Å². The number of nitrogens with zero attached hydrogens (tertiary/aromatic N) is 1. The second-order valence-corrected chi connectivity index (χ2v) is 5.38. The fourth-order valence-electron chi connectivity index (χ4n) is 1.34. The third-order valence-corrected chi connectivity index (χ3v) is 3.62. The number of amides is 1. The van der Waals surface area contributed by atoms with E-state index < -0.39 is 0 Å². The van der Waals surface area contributed by atoms with Crippen LogP contribution in [0.1, 0.15) is 20.9 Å². The molecule has 0 radical (unpaired) electrons. The van der Waals surface area contributed by atoms with Gasteiger partial charge in [0.15, 0.2) is 5.13 Å². The summed E-state index contributed by atoms with van der Waals surface area (Å²) >= 11 is 5.68. The number of aryl methyl sites for hydroxylation is 2. The van der Waals surface area contributed by atoms with E-state index in [0.29, 0.717) is 10.7 Å². The van der Waals surface area contributed by atoms with Gasteiger partial charge < -0.3 is 0 Å². The molecule has 0 unspecified atom stereocenters. The normalized spacial score (nSPS) is 10.3. The number of carbonyl (C=O) groups is 1. The lowest BCUT2D eigenvalue weighted by atomic mass is 10.2. The van der Waals surface area contributed by atoms with Crippen LogP contribution < -0.4 is 5.32 Å². The molecular formula is C12H12N2OS2. The lowest BCUT2D eigenvalue weighted by Gasteiger charge is -2.01. The summed E-state index contributed by atoms with van der Waals surface area (Å²) in [7, 11) is 0. The molecule has 0 saturated heterocycles. The second kappa shape index (κ2) is 4.89. The monoisotopic (exact) mass is 264 g/mol. The van der Waals surface area contributed by atoms with E-state index in [1.807, 2.05) is 19.9 Å².